The number of carbonyl (C=O) groups is 1. The molecular formula is C14H14ClN3OS. The van der Waals surface area contributed by atoms with Crippen LogP contribution in [0.1, 0.15) is 10.4 Å². The van der Waals surface area contributed by atoms with Crippen LogP contribution in [0, 0.1) is 0 Å². The molecule has 0 atom stereocenters. The predicted molar refractivity (Wildman–Crippen MR) is 81.2 cm³/mol. The zero-order valence-electron chi connectivity index (χ0n) is 10.8. The number of hydrogen-bond acceptors (Lipinski definition) is 4. The summed E-state index contributed by atoms with van der Waals surface area (Å²) in [5, 5.41) is 5.46. The fraction of sp³-hybridized carbons (Fsp3) is 0.286. The lowest BCUT2D eigenvalue weighted by atomic mass is 10.1. The molecule has 1 aliphatic rings. The molecule has 0 bridgehead atoms. The van der Waals surface area contributed by atoms with Gasteiger partial charge in [-0.15, -0.1) is 11.3 Å². The number of amides is 1. The van der Waals surface area contributed by atoms with E-state index >= 15 is 0 Å². The summed E-state index contributed by atoms with van der Waals surface area (Å²) in [5.41, 5.74) is 1.35. The van der Waals surface area contributed by atoms with Crippen LogP contribution in [0.4, 0.5) is 5.82 Å². The quantitative estimate of drug-likeness (QED) is 0.948. The molecule has 104 valence electrons. The highest BCUT2D eigenvalue weighted by Gasteiger charge is 2.19. The van der Waals surface area contributed by atoms with Gasteiger partial charge in [0.25, 0.3) is 0 Å². The smallest absolute Gasteiger partial charge is 0.239 e. The Morgan fingerprint density at radius 1 is 1.45 bits per heavy atom. The molecule has 4 nitrogen and oxygen atoms in total. The Morgan fingerprint density at radius 3 is 3.15 bits per heavy atom. The maximum atomic E-state index is 12.0. The third-order valence-electron chi connectivity index (χ3n) is 3.25. The van der Waals surface area contributed by atoms with E-state index in [-0.39, 0.29) is 5.91 Å². The molecule has 0 radical (unpaired) electrons. The molecule has 0 aromatic carbocycles. The van der Waals surface area contributed by atoms with Crippen molar-refractivity contribution in [3.63, 3.8) is 0 Å². The van der Waals surface area contributed by atoms with E-state index in [2.05, 4.69) is 26.6 Å². The molecule has 6 heteroatoms. The van der Waals surface area contributed by atoms with E-state index in [1.54, 1.807) is 23.5 Å². The van der Waals surface area contributed by atoms with Crippen molar-refractivity contribution < 1.29 is 4.79 Å². The maximum absolute atomic E-state index is 12.0. The Balaban J connectivity index is 1.56. The van der Waals surface area contributed by atoms with Crippen LogP contribution in [0.2, 0.25) is 5.02 Å². The van der Waals surface area contributed by atoms with Crippen LogP contribution in [-0.4, -0.2) is 28.9 Å². The van der Waals surface area contributed by atoms with Gasteiger partial charge in [0.1, 0.15) is 5.82 Å². The second kappa shape index (κ2) is 5.91. The molecule has 0 aliphatic carbocycles. The number of aromatic nitrogens is 1. The van der Waals surface area contributed by atoms with Crippen LogP contribution in [0.3, 0.4) is 0 Å². The molecule has 1 aliphatic heterocycles. The largest absolute Gasteiger partial charge is 0.310 e. The molecule has 0 saturated heterocycles. The van der Waals surface area contributed by atoms with E-state index < -0.39 is 0 Å². The molecule has 3 rings (SSSR count). The second-order valence-electron chi connectivity index (χ2n) is 4.74. The lowest BCUT2D eigenvalue weighted by Crippen LogP contribution is -2.36. The molecule has 2 aromatic heterocycles. The summed E-state index contributed by atoms with van der Waals surface area (Å²) in [5.74, 6) is 0.492. The highest BCUT2D eigenvalue weighted by molar-refractivity contribution is 7.10. The molecule has 1 N–H and O–H groups in total. The minimum atomic E-state index is -0.0431. The van der Waals surface area contributed by atoms with Crippen molar-refractivity contribution in [3.05, 3.63) is 45.2 Å². The highest BCUT2D eigenvalue weighted by Crippen LogP contribution is 2.23. The van der Waals surface area contributed by atoms with Crippen molar-refractivity contribution in [2.75, 3.05) is 18.4 Å². The SMILES string of the molecule is O=C(CN1CCc2sccc2C1)Nc1ccc(Cl)cn1. The Labute approximate surface area is 126 Å². The average Bonchev–Trinajstić information content (AvgIpc) is 2.89. The van der Waals surface area contributed by atoms with Gasteiger partial charge >= 0.3 is 0 Å². The molecule has 20 heavy (non-hydrogen) atoms. The Bertz CT molecular complexity index is 611. The third-order valence-corrected chi connectivity index (χ3v) is 4.50. The standard InChI is InChI=1S/C14H14ClN3OS/c15-11-1-2-13(16-7-11)17-14(19)9-18-5-3-12-10(8-18)4-6-20-12/h1-2,4,6-7H,3,5,8-9H2,(H,16,17,19). The minimum absolute atomic E-state index is 0.0431. The summed E-state index contributed by atoms with van der Waals surface area (Å²) in [6.45, 7) is 2.16. The summed E-state index contributed by atoms with van der Waals surface area (Å²) < 4.78 is 0. The molecule has 0 saturated carbocycles. The maximum Gasteiger partial charge on any atom is 0.239 e. The fourth-order valence-corrected chi connectivity index (χ4v) is 3.28. The number of thiophene rings is 1. The Kier molecular flexibility index (Phi) is 4.00. The lowest BCUT2D eigenvalue weighted by Gasteiger charge is -2.25. The first-order valence-corrected chi connectivity index (χ1v) is 7.65. The number of rotatable bonds is 3. The summed E-state index contributed by atoms with van der Waals surface area (Å²) >= 11 is 7.56. The van der Waals surface area contributed by atoms with Gasteiger partial charge in [0.05, 0.1) is 11.6 Å². The normalized spacial score (nSPS) is 14.8. The monoisotopic (exact) mass is 307 g/mol. The van der Waals surface area contributed by atoms with Crippen molar-refractivity contribution in [2.24, 2.45) is 0 Å². The zero-order valence-corrected chi connectivity index (χ0v) is 12.4. The molecular weight excluding hydrogens is 294 g/mol. The summed E-state index contributed by atoms with van der Waals surface area (Å²) in [7, 11) is 0. The van der Waals surface area contributed by atoms with Gasteiger partial charge < -0.3 is 5.32 Å². The van der Waals surface area contributed by atoms with E-state index in [0.29, 0.717) is 17.4 Å². The third kappa shape index (κ3) is 3.17. The molecule has 0 unspecified atom stereocenters. The molecule has 0 spiro atoms. The van der Waals surface area contributed by atoms with Gasteiger partial charge in [-0.3, -0.25) is 9.69 Å². The molecule has 1 amide bonds. The first kappa shape index (κ1) is 13.5. The number of pyridine rings is 1. The van der Waals surface area contributed by atoms with Crippen molar-refractivity contribution in [1.82, 2.24) is 9.88 Å². The molecule has 0 fully saturated rings. The summed E-state index contributed by atoms with van der Waals surface area (Å²) in [6.07, 6.45) is 2.55. The zero-order chi connectivity index (χ0) is 13.9. The number of fused-ring (bicyclic) bond motifs is 1. The minimum Gasteiger partial charge on any atom is -0.310 e. The van der Waals surface area contributed by atoms with E-state index in [4.69, 9.17) is 11.6 Å². The van der Waals surface area contributed by atoms with Crippen molar-refractivity contribution >= 4 is 34.7 Å². The summed E-state index contributed by atoms with van der Waals surface area (Å²) in [4.78, 5) is 19.6. The number of hydrogen-bond donors (Lipinski definition) is 1. The number of carbonyl (C=O) groups excluding carboxylic acids is 1. The van der Waals surface area contributed by atoms with Gasteiger partial charge in [-0.2, -0.15) is 0 Å². The number of nitrogens with one attached hydrogen (secondary N) is 1. The van der Waals surface area contributed by atoms with Crippen LogP contribution in [0.15, 0.2) is 29.8 Å². The predicted octanol–water partition coefficient (Wildman–Crippen LogP) is 2.79. The van der Waals surface area contributed by atoms with Crippen LogP contribution in [-0.2, 0) is 17.8 Å². The van der Waals surface area contributed by atoms with Crippen molar-refractivity contribution in [2.45, 2.75) is 13.0 Å². The van der Waals surface area contributed by atoms with E-state index in [1.165, 1.54) is 16.6 Å². The van der Waals surface area contributed by atoms with E-state index in [0.717, 1.165) is 19.5 Å². The number of halogens is 1. The van der Waals surface area contributed by atoms with E-state index in [9.17, 15) is 4.79 Å². The first-order chi connectivity index (χ1) is 9.70. The van der Waals surface area contributed by atoms with Crippen LogP contribution >= 0.6 is 22.9 Å². The molecule has 3 heterocycles. The van der Waals surface area contributed by atoms with E-state index in [1.807, 2.05) is 0 Å². The fourth-order valence-electron chi connectivity index (χ4n) is 2.28. The van der Waals surface area contributed by atoms with Crippen LogP contribution < -0.4 is 5.32 Å². The van der Waals surface area contributed by atoms with Crippen molar-refractivity contribution in [3.8, 4) is 0 Å². The Hall–Kier alpha value is -1.43. The van der Waals surface area contributed by atoms with Gasteiger partial charge in [0, 0.05) is 24.2 Å². The number of nitrogens with zero attached hydrogens (tertiary/aromatic N) is 2. The van der Waals surface area contributed by atoms with Crippen molar-refractivity contribution in [1.29, 1.82) is 0 Å². The highest BCUT2D eigenvalue weighted by atomic mass is 35.5. The Morgan fingerprint density at radius 2 is 2.35 bits per heavy atom. The lowest BCUT2D eigenvalue weighted by molar-refractivity contribution is -0.117. The van der Waals surface area contributed by atoms with Gasteiger partial charge in [0.15, 0.2) is 0 Å². The first-order valence-electron chi connectivity index (χ1n) is 6.40. The van der Waals surface area contributed by atoms with Crippen LogP contribution in [0.25, 0.3) is 0 Å². The van der Waals surface area contributed by atoms with Gasteiger partial charge in [-0.25, -0.2) is 4.98 Å². The van der Waals surface area contributed by atoms with Crippen LogP contribution in [0.5, 0.6) is 0 Å². The topological polar surface area (TPSA) is 45.2 Å². The molecule has 2 aromatic rings. The van der Waals surface area contributed by atoms with Gasteiger partial charge in [0.2, 0.25) is 5.91 Å². The summed E-state index contributed by atoms with van der Waals surface area (Å²) in [6, 6.07) is 5.56. The second-order valence-corrected chi connectivity index (χ2v) is 6.18. The number of anilines is 1. The van der Waals surface area contributed by atoms with Gasteiger partial charge in [-0.05, 0) is 35.6 Å². The average molecular weight is 308 g/mol. The van der Waals surface area contributed by atoms with Gasteiger partial charge in [-0.1, -0.05) is 11.6 Å².